The molecule has 3 rings (SSSR count). The van der Waals surface area contributed by atoms with Gasteiger partial charge in [0.05, 0.1) is 19.1 Å². The van der Waals surface area contributed by atoms with Gasteiger partial charge in [0.25, 0.3) is 0 Å². The van der Waals surface area contributed by atoms with Gasteiger partial charge in [-0.05, 0) is 62.4 Å². The molecule has 0 radical (unpaired) electrons. The highest BCUT2D eigenvalue weighted by atomic mass is 16.5. The van der Waals surface area contributed by atoms with Crippen molar-refractivity contribution in [2.45, 2.75) is 70.7 Å². The van der Waals surface area contributed by atoms with Crippen LogP contribution in [0, 0.1) is 0 Å². The summed E-state index contributed by atoms with van der Waals surface area (Å²) in [5, 5.41) is 21.6. The van der Waals surface area contributed by atoms with E-state index in [2.05, 4.69) is 4.74 Å². The highest BCUT2D eigenvalue weighted by molar-refractivity contribution is 5.97. The van der Waals surface area contributed by atoms with Crippen molar-refractivity contribution in [1.29, 1.82) is 0 Å². The van der Waals surface area contributed by atoms with Crippen molar-refractivity contribution >= 4 is 11.8 Å². The van der Waals surface area contributed by atoms with Gasteiger partial charge in [-0.3, -0.25) is 9.59 Å². The summed E-state index contributed by atoms with van der Waals surface area (Å²) in [4.78, 5) is 23.2. The molecule has 1 aliphatic carbocycles. The molecule has 1 saturated carbocycles. The Morgan fingerprint density at radius 3 is 2.30 bits per heavy atom. The molecule has 2 N–H and O–H groups in total. The maximum atomic E-state index is 11.8. The second-order valence-electron chi connectivity index (χ2n) is 8.38. The number of aliphatic hydroxyl groups excluding tert-OH is 1. The van der Waals surface area contributed by atoms with Gasteiger partial charge in [0, 0.05) is 5.56 Å². The Morgan fingerprint density at radius 1 is 1.03 bits per heavy atom. The first-order chi connectivity index (χ1) is 15.8. The molecule has 33 heavy (non-hydrogen) atoms. The molecule has 3 unspecified atom stereocenters. The average molecular weight is 457 g/mol. The van der Waals surface area contributed by atoms with E-state index in [9.17, 15) is 19.8 Å². The van der Waals surface area contributed by atoms with Crippen molar-refractivity contribution in [2.24, 2.45) is 0 Å². The normalized spacial score (nSPS) is 20.2. The van der Waals surface area contributed by atoms with Crippen molar-refractivity contribution in [2.75, 3.05) is 7.11 Å². The van der Waals surface area contributed by atoms with Crippen LogP contribution in [0.25, 0.3) is 0 Å². The molecular formula is C26H32O7. The van der Waals surface area contributed by atoms with Crippen LogP contribution in [0.1, 0.15) is 61.0 Å². The zero-order valence-electron chi connectivity index (χ0n) is 19.4. The van der Waals surface area contributed by atoms with Crippen LogP contribution < -0.4 is 9.47 Å². The van der Waals surface area contributed by atoms with Crippen LogP contribution in [0.4, 0.5) is 0 Å². The van der Waals surface area contributed by atoms with Crippen LogP contribution in [-0.2, 0) is 22.4 Å². The summed E-state index contributed by atoms with van der Waals surface area (Å²) in [7, 11) is 1.35. The van der Waals surface area contributed by atoms with Gasteiger partial charge in [-0.25, -0.2) is 0 Å². The van der Waals surface area contributed by atoms with E-state index in [1.807, 2.05) is 6.92 Å². The van der Waals surface area contributed by atoms with Crippen molar-refractivity contribution < 1.29 is 34.0 Å². The molecule has 0 saturated heterocycles. The number of phenolic OH excluding ortho intramolecular Hbond substituents is 1. The van der Waals surface area contributed by atoms with Gasteiger partial charge in [0.15, 0.2) is 5.78 Å². The predicted octanol–water partition coefficient (Wildman–Crippen LogP) is 4.00. The van der Waals surface area contributed by atoms with Gasteiger partial charge in [0.1, 0.15) is 35.6 Å². The van der Waals surface area contributed by atoms with Crippen molar-refractivity contribution in [3.8, 4) is 17.2 Å². The van der Waals surface area contributed by atoms with E-state index >= 15 is 0 Å². The Hall–Kier alpha value is -3.06. The first-order valence-corrected chi connectivity index (χ1v) is 11.4. The lowest BCUT2D eigenvalue weighted by molar-refractivity contribution is -0.139. The molecule has 1 fully saturated rings. The second kappa shape index (κ2) is 11.2. The van der Waals surface area contributed by atoms with Gasteiger partial charge in [-0.1, -0.05) is 25.5 Å². The van der Waals surface area contributed by atoms with Crippen LogP contribution in [-0.4, -0.2) is 47.4 Å². The maximum absolute atomic E-state index is 11.8. The largest absolute Gasteiger partial charge is 0.507 e. The third-order valence-corrected chi connectivity index (χ3v) is 5.92. The number of aromatic hydroxyl groups is 1. The molecular weight excluding hydrogens is 424 g/mol. The number of ketones is 1. The quantitative estimate of drug-likeness (QED) is 0.434. The monoisotopic (exact) mass is 456 g/mol. The number of phenols is 1. The summed E-state index contributed by atoms with van der Waals surface area (Å²) in [6.45, 7) is 3.40. The first-order valence-electron chi connectivity index (χ1n) is 11.4. The Bertz CT molecular complexity index is 967. The Kier molecular flexibility index (Phi) is 8.33. The standard InChI is InChI=1S/C26H32O7/c1-4-6-20-21(14-13-19(16(2)27)25(20)29)33-23-8-5-7-22(26(23)30)32-18-11-9-17(10-12-18)15-24(28)31-3/h9-14,22-23,26,29-30H,4-8,15H2,1-3H3. The summed E-state index contributed by atoms with van der Waals surface area (Å²) in [6.07, 6.45) is 1.86. The number of hydrogen-bond donors (Lipinski definition) is 2. The fraction of sp³-hybridized carbons (Fsp3) is 0.462. The Labute approximate surface area is 194 Å². The number of Topliss-reactive ketones (excluding diaryl/α,β-unsaturated/α-hetero) is 1. The van der Waals surface area contributed by atoms with Crippen molar-refractivity contribution in [1.82, 2.24) is 0 Å². The van der Waals surface area contributed by atoms with Crippen LogP contribution >= 0.6 is 0 Å². The molecule has 178 valence electrons. The van der Waals surface area contributed by atoms with Gasteiger partial charge < -0.3 is 24.4 Å². The number of carbonyl (C=O) groups excluding carboxylic acids is 2. The zero-order chi connectivity index (χ0) is 24.0. The molecule has 0 aliphatic heterocycles. The van der Waals surface area contributed by atoms with Crippen LogP contribution in [0.5, 0.6) is 17.2 Å². The lowest BCUT2D eigenvalue weighted by atomic mass is 9.91. The maximum Gasteiger partial charge on any atom is 0.309 e. The van der Waals surface area contributed by atoms with E-state index < -0.39 is 18.3 Å². The fourth-order valence-corrected chi connectivity index (χ4v) is 4.12. The topological polar surface area (TPSA) is 102 Å². The van der Waals surface area contributed by atoms with Gasteiger partial charge in [0.2, 0.25) is 0 Å². The summed E-state index contributed by atoms with van der Waals surface area (Å²) in [5.74, 6) is 0.517. The third kappa shape index (κ3) is 6.05. The minimum absolute atomic E-state index is 0.0491. The molecule has 7 heteroatoms. The highest BCUT2D eigenvalue weighted by Gasteiger charge is 2.35. The molecule has 0 amide bonds. The molecule has 1 aliphatic rings. The third-order valence-electron chi connectivity index (χ3n) is 5.92. The van der Waals surface area contributed by atoms with Crippen LogP contribution in [0.2, 0.25) is 0 Å². The molecule has 7 nitrogen and oxygen atoms in total. The number of carbonyl (C=O) groups is 2. The minimum Gasteiger partial charge on any atom is -0.507 e. The van der Waals surface area contributed by atoms with E-state index in [0.717, 1.165) is 18.4 Å². The molecule has 0 spiro atoms. The highest BCUT2D eigenvalue weighted by Crippen LogP contribution is 2.35. The molecule has 2 aromatic carbocycles. The number of esters is 1. The van der Waals surface area contributed by atoms with E-state index in [0.29, 0.717) is 36.3 Å². The van der Waals surface area contributed by atoms with E-state index in [4.69, 9.17) is 9.47 Å². The van der Waals surface area contributed by atoms with Gasteiger partial charge >= 0.3 is 5.97 Å². The van der Waals surface area contributed by atoms with E-state index in [-0.39, 0.29) is 29.5 Å². The fourth-order valence-electron chi connectivity index (χ4n) is 4.12. The van der Waals surface area contributed by atoms with Crippen LogP contribution in [0.15, 0.2) is 36.4 Å². The molecule has 2 aromatic rings. The predicted molar refractivity (Wildman–Crippen MR) is 123 cm³/mol. The smallest absolute Gasteiger partial charge is 0.309 e. The molecule has 0 heterocycles. The van der Waals surface area contributed by atoms with E-state index in [1.54, 1.807) is 36.4 Å². The van der Waals surface area contributed by atoms with Crippen molar-refractivity contribution in [3.63, 3.8) is 0 Å². The number of methoxy groups -OCH3 is 1. The minimum atomic E-state index is -0.863. The van der Waals surface area contributed by atoms with Crippen molar-refractivity contribution in [3.05, 3.63) is 53.1 Å². The summed E-state index contributed by atoms with van der Waals surface area (Å²) in [5.41, 5.74) is 1.67. The summed E-state index contributed by atoms with van der Waals surface area (Å²) >= 11 is 0. The number of benzene rings is 2. The van der Waals surface area contributed by atoms with Crippen LogP contribution in [0.3, 0.4) is 0 Å². The lowest BCUT2D eigenvalue weighted by Gasteiger charge is -2.35. The average Bonchev–Trinajstić information content (AvgIpc) is 2.79. The lowest BCUT2D eigenvalue weighted by Crippen LogP contribution is -2.47. The summed E-state index contributed by atoms with van der Waals surface area (Å²) < 4.78 is 16.9. The summed E-state index contributed by atoms with van der Waals surface area (Å²) in [6, 6.07) is 10.4. The molecule has 3 atom stereocenters. The number of ether oxygens (including phenoxy) is 3. The Morgan fingerprint density at radius 2 is 1.70 bits per heavy atom. The van der Waals surface area contributed by atoms with Gasteiger partial charge in [-0.15, -0.1) is 0 Å². The number of rotatable bonds is 9. The number of hydrogen-bond acceptors (Lipinski definition) is 7. The molecule has 0 bridgehead atoms. The zero-order valence-corrected chi connectivity index (χ0v) is 19.4. The SMILES string of the molecule is CCCc1c(OC2CCCC(Oc3ccc(CC(=O)OC)cc3)C2O)ccc(C(C)=O)c1O. The molecule has 0 aromatic heterocycles. The number of aliphatic hydroxyl groups is 1. The first kappa shape index (κ1) is 24.6. The van der Waals surface area contributed by atoms with Gasteiger partial charge in [-0.2, -0.15) is 0 Å². The van der Waals surface area contributed by atoms with E-state index in [1.165, 1.54) is 14.0 Å². The second-order valence-corrected chi connectivity index (χ2v) is 8.38. The Balaban J connectivity index is 1.71.